The van der Waals surface area contributed by atoms with Crippen molar-refractivity contribution in [2.75, 3.05) is 26.7 Å². The van der Waals surface area contributed by atoms with Crippen LogP contribution < -0.4 is 10.6 Å². The Morgan fingerprint density at radius 2 is 2.00 bits per heavy atom. The summed E-state index contributed by atoms with van der Waals surface area (Å²) in [5.74, 6) is -1.33. The normalized spacial score (nSPS) is 13.2. The molecule has 0 spiro atoms. The molecule has 2 rings (SSSR count). The number of nitrogens with one attached hydrogen (secondary N) is 3. The smallest absolute Gasteiger partial charge is 0.317 e. The van der Waals surface area contributed by atoms with Gasteiger partial charge in [-0.15, -0.1) is 0 Å². The fraction of sp³-hybridized carbons (Fsp3) is 0.450. The van der Waals surface area contributed by atoms with Crippen LogP contribution in [0, 0.1) is 0 Å². The van der Waals surface area contributed by atoms with Gasteiger partial charge in [-0.3, -0.25) is 19.8 Å². The van der Waals surface area contributed by atoms with E-state index in [0.29, 0.717) is 13.0 Å². The number of nitrogens with zero attached hydrogens (tertiary/aromatic N) is 2. The highest BCUT2D eigenvalue weighted by atomic mass is 16.4. The second-order valence-electron chi connectivity index (χ2n) is 6.88. The van der Waals surface area contributed by atoms with E-state index in [4.69, 9.17) is 5.11 Å². The number of aromatic nitrogens is 2. The molecule has 0 aliphatic rings. The summed E-state index contributed by atoms with van der Waals surface area (Å²) in [5, 5.41) is 24.8. The molecule has 1 aromatic heterocycles. The first kappa shape index (κ1) is 22.5. The number of aliphatic hydroxyl groups excluding tert-OH is 1. The maximum Gasteiger partial charge on any atom is 0.317 e. The lowest BCUT2D eigenvalue weighted by molar-refractivity contribution is -0.138. The first-order valence-electron chi connectivity index (χ1n) is 9.58. The van der Waals surface area contributed by atoms with E-state index in [1.807, 2.05) is 30.3 Å². The van der Waals surface area contributed by atoms with E-state index < -0.39 is 18.2 Å². The predicted molar refractivity (Wildman–Crippen MR) is 108 cm³/mol. The van der Waals surface area contributed by atoms with Gasteiger partial charge in [0.05, 0.1) is 25.5 Å². The number of aromatic amines is 1. The second kappa shape index (κ2) is 11.9. The predicted octanol–water partition coefficient (Wildman–Crippen LogP) is -0.00580. The van der Waals surface area contributed by atoms with E-state index in [-0.39, 0.29) is 19.0 Å². The van der Waals surface area contributed by atoms with Crippen LogP contribution in [-0.2, 0) is 22.4 Å². The molecule has 9 heteroatoms. The van der Waals surface area contributed by atoms with Gasteiger partial charge in [-0.25, -0.2) is 4.98 Å². The largest absolute Gasteiger partial charge is 0.480 e. The minimum absolute atomic E-state index is 0.0585. The molecule has 0 bridgehead atoms. The molecule has 0 radical (unpaired) electrons. The van der Waals surface area contributed by atoms with Gasteiger partial charge < -0.3 is 20.5 Å². The summed E-state index contributed by atoms with van der Waals surface area (Å²) in [6.07, 6.45) is 4.11. The Bertz CT molecular complexity index is 739. The van der Waals surface area contributed by atoms with E-state index in [0.717, 1.165) is 18.5 Å². The zero-order chi connectivity index (χ0) is 21.1. The van der Waals surface area contributed by atoms with Crippen LogP contribution in [0.3, 0.4) is 0 Å². The molecule has 0 fully saturated rings. The van der Waals surface area contributed by atoms with Crippen molar-refractivity contribution >= 4 is 11.9 Å². The van der Waals surface area contributed by atoms with Crippen molar-refractivity contribution in [2.45, 2.75) is 31.5 Å². The minimum atomic E-state index is -0.984. The first-order valence-corrected chi connectivity index (χ1v) is 9.58. The maximum absolute atomic E-state index is 12.5. The SMILES string of the molecule is CNC(O)C(Cc1cnc[nH]1)NC(=O)CN(CCCc1ccccc1)CC(=O)O. The Balaban J connectivity index is 1.89. The lowest BCUT2D eigenvalue weighted by Crippen LogP contribution is -2.52. The number of carbonyl (C=O) groups excluding carboxylic acids is 1. The standard InChI is InChI=1S/C20H29N5O4/c1-21-20(29)17(10-16-11-22-14-23-16)24-18(26)12-25(13-19(27)28)9-5-8-15-6-3-2-4-7-15/h2-4,6-7,11,14,17,20-21,29H,5,8-10,12-13H2,1H3,(H,22,23)(H,24,26)(H,27,28). The van der Waals surface area contributed by atoms with Crippen molar-refractivity contribution in [2.24, 2.45) is 0 Å². The number of hydrogen-bond donors (Lipinski definition) is 5. The van der Waals surface area contributed by atoms with Crippen molar-refractivity contribution < 1.29 is 19.8 Å². The van der Waals surface area contributed by atoms with Crippen LogP contribution in [0.25, 0.3) is 0 Å². The monoisotopic (exact) mass is 403 g/mol. The van der Waals surface area contributed by atoms with Crippen LogP contribution in [0.1, 0.15) is 17.7 Å². The molecule has 1 aromatic carbocycles. The highest BCUT2D eigenvalue weighted by molar-refractivity contribution is 5.79. The molecular formula is C20H29N5O4. The van der Waals surface area contributed by atoms with E-state index in [2.05, 4.69) is 20.6 Å². The average Bonchev–Trinajstić information content (AvgIpc) is 3.20. The number of imidazole rings is 1. The fourth-order valence-electron chi connectivity index (χ4n) is 3.09. The van der Waals surface area contributed by atoms with E-state index in [1.165, 1.54) is 11.9 Å². The van der Waals surface area contributed by atoms with Gasteiger partial charge in [0.2, 0.25) is 5.91 Å². The molecule has 0 aliphatic carbocycles. The van der Waals surface area contributed by atoms with Crippen LogP contribution in [0.15, 0.2) is 42.9 Å². The second-order valence-corrected chi connectivity index (χ2v) is 6.88. The number of amides is 1. The Hall–Kier alpha value is -2.75. The van der Waals surface area contributed by atoms with Crippen LogP contribution in [0.2, 0.25) is 0 Å². The third kappa shape index (κ3) is 8.43. The highest BCUT2D eigenvalue weighted by Gasteiger charge is 2.22. The Kier molecular flexibility index (Phi) is 9.29. The number of benzene rings is 1. The third-order valence-electron chi connectivity index (χ3n) is 4.53. The Labute approximate surface area is 170 Å². The van der Waals surface area contributed by atoms with Gasteiger partial charge in [0.15, 0.2) is 0 Å². The molecule has 0 saturated heterocycles. The van der Waals surface area contributed by atoms with Crippen molar-refractivity contribution in [1.82, 2.24) is 25.5 Å². The summed E-state index contributed by atoms with van der Waals surface area (Å²) in [5.41, 5.74) is 1.94. The van der Waals surface area contributed by atoms with Crippen LogP contribution in [-0.4, -0.2) is 75.9 Å². The molecule has 1 heterocycles. The molecule has 5 N–H and O–H groups in total. The molecule has 2 aromatic rings. The van der Waals surface area contributed by atoms with Crippen molar-refractivity contribution in [1.29, 1.82) is 0 Å². The fourth-order valence-corrected chi connectivity index (χ4v) is 3.09. The van der Waals surface area contributed by atoms with Crippen LogP contribution in [0.4, 0.5) is 0 Å². The van der Waals surface area contributed by atoms with Gasteiger partial charge >= 0.3 is 5.97 Å². The number of hydrogen-bond acceptors (Lipinski definition) is 6. The summed E-state index contributed by atoms with van der Waals surface area (Å²) in [6, 6.07) is 9.34. The molecule has 0 aliphatic heterocycles. The number of aryl methyl sites for hydroxylation is 1. The topological polar surface area (TPSA) is 131 Å². The van der Waals surface area contributed by atoms with Gasteiger partial charge in [0.1, 0.15) is 6.23 Å². The number of H-pyrrole nitrogens is 1. The Morgan fingerprint density at radius 1 is 1.24 bits per heavy atom. The number of rotatable bonds is 13. The van der Waals surface area contributed by atoms with Gasteiger partial charge in [-0.05, 0) is 32.0 Å². The molecule has 1 amide bonds. The molecule has 9 nitrogen and oxygen atoms in total. The van der Waals surface area contributed by atoms with Gasteiger partial charge in [0, 0.05) is 18.3 Å². The van der Waals surface area contributed by atoms with Crippen LogP contribution in [0.5, 0.6) is 0 Å². The van der Waals surface area contributed by atoms with Crippen molar-refractivity contribution in [3.8, 4) is 0 Å². The molecule has 2 atom stereocenters. The van der Waals surface area contributed by atoms with Gasteiger partial charge in [-0.2, -0.15) is 0 Å². The Morgan fingerprint density at radius 3 is 2.62 bits per heavy atom. The van der Waals surface area contributed by atoms with E-state index in [1.54, 1.807) is 18.1 Å². The molecule has 2 unspecified atom stereocenters. The average molecular weight is 403 g/mol. The summed E-state index contributed by atoms with van der Waals surface area (Å²) in [6.45, 7) is 0.202. The van der Waals surface area contributed by atoms with E-state index in [9.17, 15) is 14.7 Å². The lowest BCUT2D eigenvalue weighted by atomic mass is 10.1. The summed E-state index contributed by atoms with van der Waals surface area (Å²) >= 11 is 0. The van der Waals surface area contributed by atoms with Gasteiger partial charge in [0.25, 0.3) is 0 Å². The number of likely N-dealkylation sites (N-methyl/N-ethyl adjacent to an activating group) is 1. The molecule has 29 heavy (non-hydrogen) atoms. The third-order valence-corrected chi connectivity index (χ3v) is 4.53. The first-order chi connectivity index (χ1) is 14.0. The number of carboxylic acid groups (broad SMARTS) is 1. The molecule has 158 valence electrons. The number of carbonyl (C=O) groups is 2. The quantitative estimate of drug-likeness (QED) is 0.297. The molecular weight excluding hydrogens is 374 g/mol. The zero-order valence-corrected chi connectivity index (χ0v) is 16.5. The highest BCUT2D eigenvalue weighted by Crippen LogP contribution is 2.05. The maximum atomic E-state index is 12.5. The number of aliphatic carboxylic acids is 1. The van der Waals surface area contributed by atoms with Crippen LogP contribution >= 0.6 is 0 Å². The van der Waals surface area contributed by atoms with E-state index >= 15 is 0 Å². The summed E-state index contributed by atoms with van der Waals surface area (Å²) in [7, 11) is 1.59. The number of carboxylic acids is 1. The van der Waals surface area contributed by atoms with Crippen molar-refractivity contribution in [3.05, 3.63) is 54.1 Å². The minimum Gasteiger partial charge on any atom is -0.480 e. The summed E-state index contributed by atoms with van der Waals surface area (Å²) < 4.78 is 0. The molecule has 0 saturated carbocycles. The summed E-state index contributed by atoms with van der Waals surface area (Å²) in [4.78, 5) is 32.2. The zero-order valence-electron chi connectivity index (χ0n) is 16.5. The van der Waals surface area contributed by atoms with Gasteiger partial charge in [-0.1, -0.05) is 30.3 Å². The van der Waals surface area contributed by atoms with Crippen molar-refractivity contribution in [3.63, 3.8) is 0 Å². The lowest BCUT2D eigenvalue weighted by Gasteiger charge is -2.25. The number of aliphatic hydroxyl groups is 1.